The number of ether oxygens (including phenoxy) is 1. The molecule has 2 amide bonds. The van der Waals surface area contributed by atoms with Gasteiger partial charge in [-0.2, -0.15) is 0 Å². The Labute approximate surface area is 146 Å². The molecular weight excluding hydrogens is 304 g/mol. The molecule has 0 saturated heterocycles. The third-order valence-corrected chi connectivity index (χ3v) is 5.43. The topological polar surface area (TPSA) is 70.6 Å². The number of nitrogens with one attached hydrogen (secondary N) is 2. The Morgan fingerprint density at radius 3 is 2.50 bits per heavy atom. The number of hydrogen-bond donors (Lipinski definition) is 3. The predicted molar refractivity (Wildman–Crippen MR) is 96.0 cm³/mol. The molecule has 24 heavy (non-hydrogen) atoms. The van der Waals surface area contributed by atoms with Crippen LogP contribution in [0.3, 0.4) is 0 Å². The minimum atomic E-state index is -0.0799. The van der Waals surface area contributed by atoms with E-state index in [1.54, 1.807) is 0 Å². The predicted octanol–water partition coefficient (Wildman–Crippen LogP) is 3.35. The van der Waals surface area contributed by atoms with Crippen LogP contribution in [0, 0.1) is 5.41 Å². The van der Waals surface area contributed by atoms with Crippen molar-refractivity contribution in [3.05, 3.63) is 0 Å². The van der Waals surface area contributed by atoms with Crippen molar-refractivity contribution >= 4 is 6.03 Å². The second kappa shape index (κ2) is 9.62. The number of rotatable bonds is 8. The lowest BCUT2D eigenvalue weighted by Crippen LogP contribution is -2.50. The van der Waals surface area contributed by atoms with Crippen molar-refractivity contribution in [3.63, 3.8) is 0 Å². The average Bonchev–Trinajstić information content (AvgIpc) is 3.06. The van der Waals surface area contributed by atoms with Crippen LogP contribution < -0.4 is 10.6 Å². The summed E-state index contributed by atoms with van der Waals surface area (Å²) in [5.74, 6) is 0. The first-order valence-corrected chi connectivity index (χ1v) is 9.81. The van der Waals surface area contributed by atoms with Gasteiger partial charge in [-0.15, -0.1) is 0 Å². The normalized spacial score (nSPS) is 25.6. The lowest BCUT2D eigenvalue weighted by atomic mass is 9.89. The number of carbonyl (C=O) groups excluding carboxylic acids is 1. The van der Waals surface area contributed by atoms with E-state index in [0.29, 0.717) is 12.6 Å². The molecule has 0 aliphatic heterocycles. The van der Waals surface area contributed by atoms with Gasteiger partial charge in [0.2, 0.25) is 0 Å². The third kappa shape index (κ3) is 6.60. The molecule has 0 radical (unpaired) electrons. The van der Waals surface area contributed by atoms with Gasteiger partial charge in [0.25, 0.3) is 0 Å². The van der Waals surface area contributed by atoms with Crippen LogP contribution in [0.5, 0.6) is 0 Å². The van der Waals surface area contributed by atoms with Crippen LogP contribution in [0.4, 0.5) is 4.79 Å². The third-order valence-electron chi connectivity index (χ3n) is 5.43. The van der Waals surface area contributed by atoms with E-state index in [0.717, 1.165) is 25.7 Å². The Balaban J connectivity index is 1.68. The molecule has 2 unspecified atom stereocenters. The Hall–Kier alpha value is -0.810. The molecule has 0 aromatic carbocycles. The van der Waals surface area contributed by atoms with Crippen LogP contribution in [0.15, 0.2) is 0 Å². The van der Waals surface area contributed by atoms with Gasteiger partial charge in [0.1, 0.15) is 0 Å². The molecule has 2 saturated carbocycles. The standard InChI is InChI=1S/C19H36N2O3/c1-19(2,14-22)12-7-13-20-18(23)21-16-10-5-6-11-17(16)24-15-8-3-4-9-15/h15-17,22H,3-14H2,1-2H3,(H2,20,21,23). The van der Waals surface area contributed by atoms with Crippen molar-refractivity contribution < 1.29 is 14.6 Å². The number of hydrogen-bond acceptors (Lipinski definition) is 3. The van der Waals surface area contributed by atoms with Gasteiger partial charge in [0.05, 0.1) is 18.2 Å². The SMILES string of the molecule is CC(C)(CO)CCCNC(=O)NC1CCCCC1OC1CCCC1. The molecule has 2 fully saturated rings. The van der Waals surface area contributed by atoms with Gasteiger partial charge in [0.15, 0.2) is 0 Å². The Kier molecular flexibility index (Phi) is 7.82. The van der Waals surface area contributed by atoms with Gasteiger partial charge in [-0.3, -0.25) is 0 Å². The van der Waals surface area contributed by atoms with Gasteiger partial charge in [-0.25, -0.2) is 4.79 Å². The fraction of sp³-hybridized carbons (Fsp3) is 0.947. The van der Waals surface area contributed by atoms with Gasteiger partial charge < -0.3 is 20.5 Å². The maximum Gasteiger partial charge on any atom is 0.315 e. The molecule has 0 heterocycles. The second-order valence-electron chi connectivity index (χ2n) is 8.30. The van der Waals surface area contributed by atoms with Crippen molar-refractivity contribution in [2.45, 2.75) is 96.3 Å². The number of amides is 2. The zero-order chi connectivity index (χ0) is 17.4. The zero-order valence-corrected chi connectivity index (χ0v) is 15.5. The van der Waals surface area contributed by atoms with E-state index in [9.17, 15) is 9.90 Å². The maximum atomic E-state index is 12.2. The van der Waals surface area contributed by atoms with E-state index in [1.807, 2.05) is 13.8 Å². The monoisotopic (exact) mass is 340 g/mol. The summed E-state index contributed by atoms with van der Waals surface area (Å²) in [6.07, 6.45) is 11.7. The lowest BCUT2D eigenvalue weighted by molar-refractivity contribution is -0.0410. The molecule has 2 aliphatic rings. The van der Waals surface area contributed by atoms with E-state index < -0.39 is 0 Å². The summed E-state index contributed by atoms with van der Waals surface area (Å²) < 4.78 is 6.28. The molecular formula is C19H36N2O3. The number of aliphatic hydroxyl groups is 1. The van der Waals surface area contributed by atoms with Gasteiger partial charge in [0, 0.05) is 13.2 Å². The molecule has 0 bridgehead atoms. The summed E-state index contributed by atoms with van der Waals surface area (Å²) in [7, 11) is 0. The average molecular weight is 341 g/mol. The van der Waals surface area contributed by atoms with Crippen molar-refractivity contribution in [3.8, 4) is 0 Å². The van der Waals surface area contributed by atoms with E-state index >= 15 is 0 Å². The van der Waals surface area contributed by atoms with Crippen LogP contribution in [-0.2, 0) is 4.74 Å². The number of urea groups is 1. The van der Waals surface area contributed by atoms with E-state index in [4.69, 9.17) is 4.74 Å². The van der Waals surface area contributed by atoms with Crippen LogP contribution >= 0.6 is 0 Å². The number of carbonyl (C=O) groups is 1. The number of aliphatic hydroxyl groups excluding tert-OH is 1. The molecule has 0 aromatic rings. The first kappa shape index (κ1) is 19.5. The lowest BCUT2D eigenvalue weighted by Gasteiger charge is -2.34. The highest BCUT2D eigenvalue weighted by atomic mass is 16.5. The molecule has 2 rings (SSSR count). The van der Waals surface area contributed by atoms with Gasteiger partial charge >= 0.3 is 6.03 Å². The van der Waals surface area contributed by atoms with E-state index in [2.05, 4.69) is 10.6 Å². The minimum Gasteiger partial charge on any atom is -0.396 e. The first-order valence-electron chi connectivity index (χ1n) is 9.81. The molecule has 140 valence electrons. The molecule has 5 nitrogen and oxygen atoms in total. The summed E-state index contributed by atoms with van der Waals surface area (Å²) >= 11 is 0. The highest BCUT2D eigenvalue weighted by molar-refractivity contribution is 5.74. The fourth-order valence-corrected chi connectivity index (χ4v) is 3.76. The quantitative estimate of drug-likeness (QED) is 0.593. The highest BCUT2D eigenvalue weighted by Crippen LogP contribution is 2.28. The molecule has 0 aromatic heterocycles. The Morgan fingerprint density at radius 1 is 1.12 bits per heavy atom. The fourth-order valence-electron chi connectivity index (χ4n) is 3.76. The summed E-state index contributed by atoms with van der Waals surface area (Å²) in [5.41, 5.74) is -0.0677. The Bertz CT molecular complexity index is 381. The maximum absolute atomic E-state index is 12.2. The summed E-state index contributed by atoms with van der Waals surface area (Å²) in [6, 6.07) is 0.0666. The molecule has 0 spiro atoms. The Morgan fingerprint density at radius 2 is 1.79 bits per heavy atom. The highest BCUT2D eigenvalue weighted by Gasteiger charge is 2.30. The van der Waals surface area contributed by atoms with Gasteiger partial charge in [-0.1, -0.05) is 39.5 Å². The second-order valence-corrected chi connectivity index (χ2v) is 8.30. The van der Waals surface area contributed by atoms with E-state index in [-0.39, 0.29) is 30.2 Å². The largest absolute Gasteiger partial charge is 0.396 e. The molecule has 2 aliphatic carbocycles. The van der Waals surface area contributed by atoms with E-state index in [1.165, 1.54) is 38.5 Å². The van der Waals surface area contributed by atoms with Crippen molar-refractivity contribution in [2.75, 3.05) is 13.2 Å². The summed E-state index contributed by atoms with van der Waals surface area (Å²) in [4.78, 5) is 12.2. The van der Waals surface area contributed by atoms with Crippen molar-refractivity contribution in [1.82, 2.24) is 10.6 Å². The van der Waals surface area contributed by atoms with Crippen LogP contribution in [0.25, 0.3) is 0 Å². The van der Waals surface area contributed by atoms with Crippen LogP contribution in [0.2, 0.25) is 0 Å². The zero-order valence-electron chi connectivity index (χ0n) is 15.5. The summed E-state index contributed by atoms with van der Waals surface area (Å²) in [5, 5.41) is 15.3. The van der Waals surface area contributed by atoms with Crippen LogP contribution in [0.1, 0.15) is 78.1 Å². The van der Waals surface area contributed by atoms with Crippen molar-refractivity contribution in [1.29, 1.82) is 0 Å². The van der Waals surface area contributed by atoms with Crippen molar-refractivity contribution in [2.24, 2.45) is 5.41 Å². The molecule has 3 N–H and O–H groups in total. The minimum absolute atomic E-state index is 0.0677. The summed E-state index contributed by atoms with van der Waals surface area (Å²) in [6.45, 7) is 4.91. The van der Waals surface area contributed by atoms with Crippen LogP contribution in [-0.4, -0.2) is 42.5 Å². The molecule has 2 atom stereocenters. The van der Waals surface area contributed by atoms with Gasteiger partial charge in [-0.05, 0) is 43.9 Å². The molecule has 5 heteroatoms. The first-order chi connectivity index (χ1) is 11.5. The smallest absolute Gasteiger partial charge is 0.315 e.